The van der Waals surface area contributed by atoms with Crippen LogP contribution in [0.5, 0.6) is 0 Å². The molecule has 0 aliphatic rings. The summed E-state index contributed by atoms with van der Waals surface area (Å²) in [5.41, 5.74) is 0.380. The van der Waals surface area contributed by atoms with Crippen LogP contribution >= 0.6 is 15.9 Å². The number of hydrogen-bond donors (Lipinski definition) is 0. The van der Waals surface area contributed by atoms with E-state index in [1.54, 1.807) is 0 Å². The van der Waals surface area contributed by atoms with Gasteiger partial charge in [0.15, 0.2) is 0 Å². The third-order valence-corrected chi connectivity index (χ3v) is 4.09. The van der Waals surface area contributed by atoms with Crippen molar-refractivity contribution in [2.24, 2.45) is 0 Å². The molecule has 1 rings (SSSR count). The molecule has 2 nitrogen and oxygen atoms in total. The number of terminal acetylenes is 1. The highest BCUT2D eigenvalue weighted by atomic mass is 79.9. The van der Waals surface area contributed by atoms with Crippen molar-refractivity contribution in [3.63, 3.8) is 0 Å². The summed E-state index contributed by atoms with van der Waals surface area (Å²) >= 11 is 3.45. The molecule has 108 valence electrons. The molecule has 3 heteroatoms. The molecular weight excluding hydrogens is 316 g/mol. The summed E-state index contributed by atoms with van der Waals surface area (Å²) in [4.78, 5) is 12.2. The monoisotopic (exact) mass is 336 g/mol. The van der Waals surface area contributed by atoms with Crippen molar-refractivity contribution in [3.05, 3.63) is 34.3 Å². The second-order valence-corrected chi connectivity index (χ2v) is 6.01. The summed E-state index contributed by atoms with van der Waals surface area (Å²) < 4.78 is 5.97. The fourth-order valence-corrected chi connectivity index (χ4v) is 2.70. The Labute approximate surface area is 130 Å². The SMILES string of the molecule is C#CCCCCCC(C)(C(=O)OC)c1cccc(Br)c1. The normalized spacial score (nSPS) is 13.3. The number of methoxy groups -OCH3 is 1. The Morgan fingerprint density at radius 3 is 2.75 bits per heavy atom. The van der Waals surface area contributed by atoms with Crippen LogP contribution in [-0.4, -0.2) is 13.1 Å². The van der Waals surface area contributed by atoms with Gasteiger partial charge in [-0.25, -0.2) is 0 Å². The van der Waals surface area contributed by atoms with Crippen LogP contribution in [-0.2, 0) is 14.9 Å². The first-order valence-corrected chi connectivity index (χ1v) is 7.62. The Bertz CT molecular complexity index is 490. The summed E-state index contributed by atoms with van der Waals surface area (Å²) in [7, 11) is 1.44. The van der Waals surface area contributed by atoms with Gasteiger partial charge in [0.05, 0.1) is 12.5 Å². The van der Waals surface area contributed by atoms with E-state index in [1.165, 1.54) is 7.11 Å². The molecule has 0 spiro atoms. The second-order valence-electron chi connectivity index (χ2n) is 5.10. The number of benzene rings is 1. The molecule has 0 amide bonds. The summed E-state index contributed by atoms with van der Waals surface area (Å²) in [5, 5.41) is 0. The molecule has 0 saturated carbocycles. The fourth-order valence-electron chi connectivity index (χ4n) is 2.30. The molecule has 0 fully saturated rings. The number of ether oxygens (including phenoxy) is 1. The lowest BCUT2D eigenvalue weighted by Crippen LogP contribution is -2.33. The van der Waals surface area contributed by atoms with E-state index >= 15 is 0 Å². The summed E-state index contributed by atoms with van der Waals surface area (Å²) in [5.74, 6) is 2.45. The minimum Gasteiger partial charge on any atom is -0.468 e. The Morgan fingerprint density at radius 1 is 1.40 bits per heavy atom. The lowest BCUT2D eigenvalue weighted by Gasteiger charge is -2.27. The number of unbranched alkanes of at least 4 members (excludes halogenated alkanes) is 3. The van der Waals surface area contributed by atoms with E-state index in [4.69, 9.17) is 11.2 Å². The third-order valence-electron chi connectivity index (χ3n) is 3.60. The highest BCUT2D eigenvalue weighted by Gasteiger charge is 2.35. The Kier molecular flexibility index (Phi) is 6.81. The van der Waals surface area contributed by atoms with Crippen molar-refractivity contribution in [2.45, 2.75) is 44.4 Å². The van der Waals surface area contributed by atoms with Crippen LogP contribution in [0, 0.1) is 12.3 Å². The van der Waals surface area contributed by atoms with Crippen LogP contribution in [0.15, 0.2) is 28.7 Å². The van der Waals surface area contributed by atoms with Gasteiger partial charge in [-0.2, -0.15) is 0 Å². The Balaban J connectivity index is 2.82. The smallest absolute Gasteiger partial charge is 0.315 e. The first kappa shape index (κ1) is 16.8. The van der Waals surface area contributed by atoms with E-state index in [0.717, 1.165) is 42.1 Å². The maximum Gasteiger partial charge on any atom is 0.315 e. The van der Waals surface area contributed by atoms with Crippen LogP contribution < -0.4 is 0 Å². The number of halogens is 1. The topological polar surface area (TPSA) is 26.3 Å². The van der Waals surface area contributed by atoms with Gasteiger partial charge in [-0.15, -0.1) is 12.3 Å². The molecule has 0 heterocycles. The van der Waals surface area contributed by atoms with E-state index in [0.29, 0.717) is 0 Å². The molecule has 0 aliphatic carbocycles. The molecule has 1 unspecified atom stereocenters. The molecule has 20 heavy (non-hydrogen) atoms. The highest BCUT2D eigenvalue weighted by molar-refractivity contribution is 9.10. The number of carbonyl (C=O) groups is 1. The van der Waals surface area contributed by atoms with Gasteiger partial charge < -0.3 is 4.74 Å². The Hall–Kier alpha value is -1.27. The van der Waals surface area contributed by atoms with E-state index in [9.17, 15) is 4.79 Å². The number of rotatable bonds is 7. The standard InChI is InChI=1S/C17H21BrO2/c1-4-5-6-7-8-12-17(2,16(19)20-3)14-10-9-11-15(18)13-14/h1,9-11,13H,5-8,12H2,2-3H3. The molecule has 0 N–H and O–H groups in total. The highest BCUT2D eigenvalue weighted by Crippen LogP contribution is 2.32. The van der Waals surface area contributed by atoms with Crippen LogP contribution in [0.4, 0.5) is 0 Å². The van der Waals surface area contributed by atoms with Crippen molar-refractivity contribution in [3.8, 4) is 12.3 Å². The first-order chi connectivity index (χ1) is 9.54. The zero-order valence-corrected chi connectivity index (χ0v) is 13.7. The van der Waals surface area contributed by atoms with E-state index in [-0.39, 0.29) is 5.97 Å². The van der Waals surface area contributed by atoms with Gasteiger partial charge in [-0.1, -0.05) is 40.9 Å². The van der Waals surface area contributed by atoms with Crippen molar-refractivity contribution in [1.29, 1.82) is 0 Å². The molecule has 0 saturated heterocycles. The minimum absolute atomic E-state index is 0.187. The average molecular weight is 337 g/mol. The van der Waals surface area contributed by atoms with E-state index in [1.807, 2.05) is 31.2 Å². The van der Waals surface area contributed by atoms with Crippen molar-refractivity contribution >= 4 is 21.9 Å². The largest absolute Gasteiger partial charge is 0.468 e. The lowest BCUT2D eigenvalue weighted by atomic mass is 9.78. The van der Waals surface area contributed by atoms with E-state index < -0.39 is 5.41 Å². The zero-order valence-electron chi connectivity index (χ0n) is 12.1. The van der Waals surface area contributed by atoms with Crippen molar-refractivity contribution < 1.29 is 9.53 Å². The Morgan fingerprint density at radius 2 is 2.15 bits per heavy atom. The third kappa shape index (κ3) is 4.38. The number of hydrogen-bond acceptors (Lipinski definition) is 2. The molecule has 0 bridgehead atoms. The van der Waals surface area contributed by atoms with Gasteiger partial charge in [0, 0.05) is 10.9 Å². The van der Waals surface area contributed by atoms with Gasteiger partial charge in [-0.3, -0.25) is 4.79 Å². The molecule has 1 aromatic carbocycles. The van der Waals surface area contributed by atoms with Gasteiger partial charge >= 0.3 is 5.97 Å². The second kappa shape index (κ2) is 8.11. The molecular formula is C17H21BrO2. The quantitative estimate of drug-likeness (QED) is 0.417. The lowest BCUT2D eigenvalue weighted by molar-refractivity contribution is -0.147. The van der Waals surface area contributed by atoms with Crippen LogP contribution in [0.2, 0.25) is 0 Å². The fraction of sp³-hybridized carbons (Fsp3) is 0.471. The summed E-state index contributed by atoms with van der Waals surface area (Å²) in [6.45, 7) is 1.95. The van der Waals surface area contributed by atoms with E-state index in [2.05, 4.69) is 21.9 Å². The number of carbonyl (C=O) groups excluding carboxylic acids is 1. The van der Waals surface area contributed by atoms with Crippen molar-refractivity contribution in [2.75, 3.05) is 7.11 Å². The average Bonchev–Trinajstić information content (AvgIpc) is 2.46. The van der Waals surface area contributed by atoms with Gasteiger partial charge in [0.1, 0.15) is 0 Å². The van der Waals surface area contributed by atoms with Gasteiger partial charge in [0.25, 0.3) is 0 Å². The predicted octanol–water partition coefficient (Wildman–Crippen LogP) is 4.46. The molecule has 1 atom stereocenters. The molecule has 0 aliphatic heterocycles. The van der Waals surface area contributed by atoms with Crippen LogP contribution in [0.1, 0.15) is 44.6 Å². The van der Waals surface area contributed by atoms with Gasteiger partial charge in [-0.05, 0) is 37.5 Å². The van der Waals surface area contributed by atoms with Gasteiger partial charge in [0.2, 0.25) is 0 Å². The minimum atomic E-state index is -0.603. The molecule has 1 aromatic rings. The summed E-state index contributed by atoms with van der Waals surface area (Å²) in [6, 6.07) is 7.86. The maximum atomic E-state index is 12.2. The zero-order chi connectivity index (χ0) is 15.0. The van der Waals surface area contributed by atoms with Crippen molar-refractivity contribution in [1.82, 2.24) is 0 Å². The first-order valence-electron chi connectivity index (χ1n) is 6.82. The predicted molar refractivity (Wildman–Crippen MR) is 85.4 cm³/mol. The summed E-state index contributed by atoms with van der Waals surface area (Å²) in [6.07, 6.45) is 9.80. The van der Waals surface area contributed by atoms with Crippen LogP contribution in [0.3, 0.4) is 0 Å². The molecule has 0 aromatic heterocycles. The maximum absolute atomic E-state index is 12.2. The van der Waals surface area contributed by atoms with Crippen LogP contribution in [0.25, 0.3) is 0 Å². The number of esters is 1. The molecule has 0 radical (unpaired) electrons.